The average molecular weight is 233 g/mol. The van der Waals surface area contributed by atoms with Crippen molar-refractivity contribution in [2.24, 2.45) is 0 Å². The van der Waals surface area contributed by atoms with E-state index in [2.05, 4.69) is 59.0 Å². The maximum absolute atomic E-state index is 3.70. The topological polar surface area (TPSA) is 12.0 Å². The van der Waals surface area contributed by atoms with Crippen LogP contribution in [0.4, 0.5) is 0 Å². The minimum atomic E-state index is 0.269. The Morgan fingerprint density at radius 2 is 1.47 bits per heavy atom. The molecular weight excluding hydrogens is 206 g/mol. The average Bonchev–Trinajstić information content (AvgIpc) is 2.32. The van der Waals surface area contributed by atoms with Crippen molar-refractivity contribution in [3.05, 3.63) is 34.4 Å². The summed E-state index contributed by atoms with van der Waals surface area (Å²) in [6, 6.07) is 4.62. The van der Waals surface area contributed by atoms with Crippen LogP contribution in [-0.4, -0.2) is 5.54 Å². The van der Waals surface area contributed by atoms with Gasteiger partial charge in [0.05, 0.1) is 0 Å². The van der Waals surface area contributed by atoms with Crippen LogP contribution in [0.5, 0.6) is 0 Å². The third-order valence-electron chi connectivity index (χ3n) is 4.22. The second kappa shape index (κ2) is 5.68. The summed E-state index contributed by atoms with van der Waals surface area (Å²) in [7, 11) is 0. The summed E-state index contributed by atoms with van der Waals surface area (Å²) in [5.74, 6) is 0. The lowest BCUT2D eigenvalue weighted by Gasteiger charge is -2.29. The van der Waals surface area contributed by atoms with Crippen molar-refractivity contribution in [3.8, 4) is 0 Å². The molecule has 0 aliphatic heterocycles. The Hall–Kier alpha value is -0.820. The van der Waals surface area contributed by atoms with E-state index in [1.165, 1.54) is 35.1 Å². The minimum absolute atomic E-state index is 0.269. The van der Waals surface area contributed by atoms with Gasteiger partial charge in [0.25, 0.3) is 0 Å². The number of hydrogen-bond acceptors (Lipinski definition) is 1. The van der Waals surface area contributed by atoms with Crippen molar-refractivity contribution in [3.63, 3.8) is 0 Å². The summed E-state index contributed by atoms with van der Waals surface area (Å²) >= 11 is 0. The molecule has 96 valence electrons. The summed E-state index contributed by atoms with van der Waals surface area (Å²) < 4.78 is 0. The van der Waals surface area contributed by atoms with Gasteiger partial charge in [0.15, 0.2) is 0 Å². The Kier molecular flexibility index (Phi) is 4.76. The van der Waals surface area contributed by atoms with Crippen LogP contribution in [-0.2, 0) is 6.54 Å². The van der Waals surface area contributed by atoms with Crippen LogP contribution in [0, 0.1) is 20.8 Å². The highest BCUT2D eigenvalue weighted by molar-refractivity contribution is 5.36. The zero-order valence-electron chi connectivity index (χ0n) is 12.3. The first kappa shape index (κ1) is 14.2. The summed E-state index contributed by atoms with van der Waals surface area (Å²) in [6.07, 6.45) is 2.35. The van der Waals surface area contributed by atoms with E-state index in [4.69, 9.17) is 0 Å². The Balaban J connectivity index is 2.79. The molecule has 1 N–H and O–H groups in total. The molecule has 0 spiro atoms. The number of nitrogens with one attached hydrogen (secondary N) is 1. The molecule has 17 heavy (non-hydrogen) atoms. The zero-order chi connectivity index (χ0) is 13.1. The van der Waals surface area contributed by atoms with E-state index in [1.807, 2.05) is 0 Å². The molecule has 0 aliphatic carbocycles. The zero-order valence-corrected chi connectivity index (χ0v) is 12.3. The molecule has 0 saturated heterocycles. The second-order valence-electron chi connectivity index (χ2n) is 5.48. The Morgan fingerprint density at radius 3 is 2.00 bits per heavy atom. The molecule has 0 radical (unpaired) electrons. The minimum Gasteiger partial charge on any atom is -0.307 e. The maximum atomic E-state index is 3.70. The van der Waals surface area contributed by atoms with Crippen LogP contribution in [0.15, 0.2) is 12.1 Å². The first-order chi connectivity index (χ1) is 7.91. The highest BCUT2D eigenvalue weighted by Crippen LogP contribution is 2.18. The van der Waals surface area contributed by atoms with E-state index in [0.717, 1.165) is 6.54 Å². The highest BCUT2D eigenvalue weighted by atomic mass is 15.0. The molecule has 1 heteroatoms. The highest BCUT2D eigenvalue weighted by Gasteiger charge is 2.18. The van der Waals surface area contributed by atoms with Crippen molar-refractivity contribution < 1.29 is 0 Å². The van der Waals surface area contributed by atoms with E-state index in [0.29, 0.717) is 0 Å². The van der Waals surface area contributed by atoms with Crippen molar-refractivity contribution in [2.75, 3.05) is 0 Å². The molecule has 1 aromatic carbocycles. The first-order valence-electron chi connectivity index (χ1n) is 6.73. The van der Waals surface area contributed by atoms with Gasteiger partial charge in [-0.3, -0.25) is 0 Å². The molecule has 0 bridgehead atoms. The molecule has 1 rings (SSSR count). The fraction of sp³-hybridized carbons (Fsp3) is 0.625. The van der Waals surface area contributed by atoms with Gasteiger partial charge in [-0.05, 0) is 62.8 Å². The van der Waals surface area contributed by atoms with Crippen LogP contribution in [0.3, 0.4) is 0 Å². The number of hydrogen-bond donors (Lipinski definition) is 1. The van der Waals surface area contributed by atoms with Gasteiger partial charge in [-0.2, -0.15) is 0 Å². The van der Waals surface area contributed by atoms with E-state index in [9.17, 15) is 0 Å². The smallest absolute Gasteiger partial charge is 0.0213 e. The third kappa shape index (κ3) is 3.57. The van der Waals surface area contributed by atoms with Crippen molar-refractivity contribution in [1.82, 2.24) is 5.32 Å². The van der Waals surface area contributed by atoms with Crippen molar-refractivity contribution >= 4 is 0 Å². The number of rotatable bonds is 5. The SMILES string of the molecule is CCC(C)(CC)NCc1cc(C)c(C)cc1C. The molecule has 1 nitrogen and oxygen atoms in total. The Bertz CT molecular complexity index is 375. The van der Waals surface area contributed by atoms with Crippen LogP contribution in [0.25, 0.3) is 0 Å². The summed E-state index contributed by atoms with van der Waals surface area (Å²) in [4.78, 5) is 0. The second-order valence-corrected chi connectivity index (χ2v) is 5.48. The lowest BCUT2D eigenvalue weighted by Crippen LogP contribution is -2.40. The molecule has 0 saturated carbocycles. The van der Waals surface area contributed by atoms with Gasteiger partial charge >= 0.3 is 0 Å². The summed E-state index contributed by atoms with van der Waals surface area (Å²) in [6.45, 7) is 14.4. The lowest BCUT2D eigenvalue weighted by atomic mass is 9.94. The molecule has 0 fully saturated rings. The van der Waals surface area contributed by atoms with Crippen molar-refractivity contribution in [1.29, 1.82) is 0 Å². The van der Waals surface area contributed by atoms with E-state index >= 15 is 0 Å². The van der Waals surface area contributed by atoms with Gasteiger partial charge in [0.1, 0.15) is 0 Å². The van der Waals surface area contributed by atoms with Gasteiger partial charge in [-0.1, -0.05) is 26.0 Å². The lowest BCUT2D eigenvalue weighted by molar-refractivity contribution is 0.329. The maximum Gasteiger partial charge on any atom is 0.0213 e. The molecule has 0 atom stereocenters. The monoisotopic (exact) mass is 233 g/mol. The fourth-order valence-corrected chi connectivity index (χ4v) is 2.02. The quantitative estimate of drug-likeness (QED) is 0.800. The molecular formula is C16H27N. The van der Waals surface area contributed by atoms with Gasteiger partial charge in [0, 0.05) is 12.1 Å². The molecule has 0 aliphatic rings. The van der Waals surface area contributed by atoms with Crippen LogP contribution >= 0.6 is 0 Å². The molecule has 0 amide bonds. The fourth-order valence-electron chi connectivity index (χ4n) is 2.02. The van der Waals surface area contributed by atoms with Crippen LogP contribution < -0.4 is 5.32 Å². The Labute approximate surface area is 107 Å². The van der Waals surface area contributed by atoms with Gasteiger partial charge < -0.3 is 5.32 Å². The molecule has 1 aromatic rings. The third-order valence-corrected chi connectivity index (χ3v) is 4.22. The number of benzene rings is 1. The van der Waals surface area contributed by atoms with E-state index in [1.54, 1.807) is 0 Å². The summed E-state index contributed by atoms with van der Waals surface area (Å²) in [5.41, 5.74) is 5.88. The normalized spacial score (nSPS) is 11.9. The largest absolute Gasteiger partial charge is 0.307 e. The predicted molar refractivity (Wildman–Crippen MR) is 76.5 cm³/mol. The molecule has 0 aromatic heterocycles. The van der Waals surface area contributed by atoms with Gasteiger partial charge in [-0.15, -0.1) is 0 Å². The van der Waals surface area contributed by atoms with Crippen molar-refractivity contribution in [2.45, 2.75) is 66.5 Å². The predicted octanol–water partition coefficient (Wildman–Crippen LogP) is 4.28. The first-order valence-corrected chi connectivity index (χ1v) is 6.73. The van der Waals surface area contributed by atoms with Gasteiger partial charge in [0.2, 0.25) is 0 Å². The standard InChI is InChI=1S/C16H27N/c1-7-16(6,8-2)17-11-15-10-13(4)12(3)9-14(15)5/h9-10,17H,7-8,11H2,1-6H3. The van der Waals surface area contributed by atoms with E-state index in [-0.39, 0.29) is 5.54 Å². The number of aryl methyl sites for hydroxylation is 3. The van der Waals surface area contributed by atoms with Gasteiger partial charge in [-0.25, -0.2) is 0 Å². The van der Waals surface area contributed by atoms with Crippen LogP contribution in [0.1, 0.15) is 55.9 Å². The van der Waals surface area contributed by atoms with E-state index < -0.39 is 0 Å². The molecule has 0 heterocycles. The Morgan fingerprint density at radius 1 is 0.941 bits per heavy atom. The molecule has 0 unspecified atom stereocenters. The summed E-state index contributed by atoms with van der Waals surface area (Å²) in [5, 5.41) is 3.70. The van der Waals surface area contributed by atoms with Crippen LogP contribution in [0.2, 0.25) is 0 Å².